The monoisotopic (exact) mass is 427 g/mol. The Kier molecular flexibility index (Phi) is 8.30. The first-order valence-corrected chi connectivity index (χ1v) is 10.4. The predicted molar refractivity (Wildman–Crippen MR) is 123 cm³/mol. The van der Waals surface area contributed by atoms with Gasteiger partial charge in [0, 0.05) is 17.5 Å². The van der Waals surface area contributed by atoms with Crippen molar-refractivity contribution in [1.29, 1.82) is 0 Å². The Labute approximate surface area is 184 Å². The molecule has 5 N–H and O–H groups in total. The molecule has 0 radical (unpaired) electrons. The third-order valence-electron chi connectivity index (χ3n) is 4.73. The SMILES string of the molecule is Cc1c(OCCCCOc2ccc(/C(N)=N/N)cc2)ccc(C(=O)CC(C)(C)C)c1O. The number of phenols is 1. The molecule has 31 heavy (non-hydrogen) atoms. The molecule has 0 heterocycles. The lowest BCUT2D eigenvalue weighted by atomic mass is 9.87. The maximum Gasteiger partial charge on any atom is 0.167 e. The van der Waals surface area contributed by atoms with Crippen LogP contribution in [0.15, 0.2) is 41.5 Å². The van der Waals surface area contributed by atoms with Gasteiger partial charge in [0.25, 0.3) is 0 Å². The van der Waals surface area contributed by atoms with E-state index >= 15 is 0 Å². The average molecular weight is 428 g/mol. The minimum Gasteiger partial charge on any atom is -0.507 e. The zero-order valence-corrected chi connectivity index (χ0v) is 18.8. The highest BCUT2D eigenvalue weighted by Gasteiger charge is 2.21. The summed E-state index contributed by atoms with van der Waals surface area (Å²) in [6.45, 7) is 8.79. The van der Waals surface area contributed by atoms with Gasteiger partial charge >= 0.3 is 0 Å². The van der Waals surface area contributed by atoms with Crippen LogP contribution in [0.4, 0.5) is 0 Å². The Morgan fingerprint density at radius 1 is 1.03 bits per heavy atom. The van der Waals surface area contributed by atoms with Crippen LogP contribution in [0.5, 0.6) is 17.2 Å². The fourth-order valence-corrected chi connectivity index (χ4v) is 3.01. The largest absolute Gasteiger partial charge is 0.507 e. The van der Waals surface area contributed by atoms with Crippen molar-refractivity contribution in [3.8, 4) is 17.2 Å². The molecule has 0 bridgehead atoms. The molecule has 2 aromatic rings. The summed E-state index contributed by atoms with van der Waals surface area (Å²) in [4.78, 5) is 12.4. The molecule has 0 aromatic heterocycles. The van der Waals surface area contributed by atoms with Crippen LogP contribution >= 0.6 is 0 Å². The van der Waals surface area contributed by atoms with Crippen molar-refractivity contribution in [3.05, 3.63) is 53.1 Å². The lowest BCUT2D eigenvalue weighted by Gasteiger charge is -2.18. The highest BCUT2D eigenvalue weighted by molar-refractivity contribution is 5.99. The van der Waals surface area contributed by atoms with E-state index in [0.29, 0.717) is 36.5 Å². The first-order valence-electron chi connectivity index (χ1n) is 10.4. The zero-order valence-electron chi connectivity index (χ0n) is 18.8. The summed E-state index contributed by atoms with van der Waals surface area (Å²) in [5.74, 6) is 6.69. The Morgan fingerprint density at radius 2 is 1.65 bits per heavy atom. The summed E-state index contributed by atoms with van der Waals surface area (Å²) >= 11 is 0. The van der Waals surface area contributed by atoms with Crippen molar-refractivity contribution in [2.45, 2.75) is 47.0 Å². The second-order valence-electron chi connectivity index (χ2n) is 8.69. The van der Waals surface area contributed by atoms with E-state index in [1.54, 1.807) is 31.2 Å². The molecule has 0 fully saturated rings. The quantitative estimate of drug-likeness (QED) is 0.131. The summed E-state index contributed by atoms with van der Waals surface area (Å²) in [6, 6.07) is 10.6. The molecule has 168 valence electrons. The van der Waals surface area contributed by atoms with Gasteiger partial charge in [0.2, 0.25) is 0 Å². The Bertz CT molecular complexity index is 916. The van der Waals surface area contributed by atoms with Gasteiger partial charge in [0.05, 0.1) is 18.8 Å². The molecule has 2 rings (SSSR count). The molecule has 7 heteroatoms. The molecule has 0 atom stereocenters. The predicted octanol–water partition coefficient (Wildman–Crippen LogP) is 4.14. The van der Waals surface area contributed by atoms with Crippen molar-refractivity contribution in [3.63, 3.8) is 0 Å². The van der Waals surface area contributed by atoms with Gasteiger partial charge < -0.3 is 26.2 Å². The number of hydrogen-bond donors (Lipinski definition) is 3. The van der Waals surface area contributed by atoms with Crippen LogP contribution in [-0.4, -0.2) is 29.9 Å². The van der Waals surface area contributed by atoms with Crippen molar-refractivity contribution in [1.82, 2.24) is 0 Å². The number of nitrogens with two attached hydrogens (primary N) is 2. The maximum atomic E-state index is 12.4. The molecule has 0 aliphatic heterocycles. The normalized spacial score (nSPS) is 11.9. The molecule has 0 saturated carbocycles. The second kappa shape index (κ2) is 10.7. The van der Waals surface area contributed by atoms with Gasteiger partial charge in [-0.25, -0.2) is 0 Å². The van der Waals surface area contributed by atoms with Gasteiger partial charge in [-0.2, -0.15) is 5.10 Å². The highest BCUT2D eigenvalue weighted by Crippen LogP contribution is 2.33. The molecule has 0 amide bonds. The van der Waals surface area contributed by atoms with Crippen LogP contribution in [-0.2, 0) is 0 Å². The van der Waals surface area contributed by atoms with E-state index < -0.39 is 0 Å². The molecule has 0 unspecified atom stereocenters. The first kappa shape index (κ1) is 24.1. The minimum absolute atomic E-state index is 0.00107. The summed E-state index contributed by atoms with van der Waals surface area (Å²) in [5.41, 5.74) is 7.19. The number of ketones is 1. The molecule has 0 saturated heterocycles. The number of aromatic hydroxyl groups is 1. The van der Waals surface area contributed by atoms with Crippen molar-refractivity contribution >= 4 is 11.6 Å². The van der Waals surface area contributed by atoms with E-state index in [0.717, 1.165) is 24.2 Å². The summed E-state index contributed by atoms with van der Waals surface area (Å²) < 4.78 is 11.5. The number of phenolic OH excluding ortho intramolecular Hbond substituents is 1. The van der Waals surface area contributed by atoms with Gasteiger partial charge in [-0.05, 0) is 61.6 Å². The number of carbonyl (C=O) groups is 1. The van der Waals surface area contributed by atoms with E-state index in [9.17, 15) is 9.90 Å². The third-order valence-corrected chi connectivity index (χ3v) is 4.73. The molecule has 0 aliphatic carbocycles. The van der Waals surface area contributed by atoms with E-state index in [1.165, 1.54) is 0 Å². The van der Waals surface area contributed by atoms with Crippen molar-refractivity contribution in [2.75, 3.05) is 13.2 Å². The summed E-state index contributed by atoms with van der Waals surface area (Å²) in [7, 11) is 0. The number of carbonyl (C=O) groups excluding carboxylic acids is 1. The number of amidine groups is 1. The van der Waals surface area contributed by atoms with Gasteiger partial charge in [-0.1, -0.05) is 20.8 Å². The topological polar surface area (TPSA) is 120 Å². The van der Waals surface area contributed by atoms with Crippen LogP contribution in [0.3, 0.4) is 0 Å². The molecule has 0 aliphatic rings. The fourth-order valence-electron chi connectivity index (χ4n) is 3.01. The Balaban J connectivity index is 1.78. The summed E-state index contributed by atoms with van der Waals surface area (Å²) in [6.07, 6.45) is 1.97. The van der Waals surface area contributed by atoms with Crippen LogP contribution in [0, 0.1) is 12.3 Å². The van der Waals surface area contributed by atoms with Crippen molar-refractivity contribution in [2.24, 2.45) is 22.1 Å². The van der Waals surface area contributed by atoms with Crippen LogP contribution < -0.4 is 21.1 Å². The lowest BCUT2D eigenvalue weighted by molar-refractivity contribution is 0.0937. The number of hydrogen-bond acceptors (Lipinski definition) is 6. The van der Waals surface area contributed by atoms with E-state index in [4.69, 9.17) is 21.1 Å². The lowest BCUT2D eigenvalue weighted by Crippen LogP contribution is -2.15. The van der Waals surface area contributed by atoms with E-state index in [-0.39, 0.29) is 22.8 Å². The Morgan fingerprint density at radius 3 is 2.23 bits per heavy atom. The average Bonchev–Trinajstić information content (AvgIpc) is 2.72. The molecule has 0 spiro atoms. The fraction of sp³-hybridized carbons (Fsp3) is 0.417. The van der Waals surface area contributed by atoms with Gasteiger partial charge in [0.1, 0.15) is 23.1 Å². The number of nitrogens with zero attached hydrogens (tertiary/aromatic N) is 1. The van der Waals surface area contributed by atoms with Gasteiger partial charge in [0.15, 0.2) is 5.78 Å². The van der Waals surface area contributed by atoms with Crippen LogP contribution in [0.1, 0.15) is 61.5 Å². The molecule has 2 aromatic carbocycles. The number of ether oxygens (including phenoxy) is 2. The number of hydrazone groups is 1. The second-order valence-corrected chi connectivity index (χ2v) is 8.69. The third kappa shape index (κ3) is 7.20. The summed E-state index contributed by atoms with van der Waals surface area (Å²) in [5, 5.41) is 13.9. The molecule has 7 nitrogen and oxygen atoms in total. The first-order chi connectivity index (χ1) is 14.6. The maximum absolute atomic E-state index is 12.4. The smallest absolute Gasteiger partial charge is 0.167 e. The number of Topliss-reactive ketones (excluding diaryl/α,β-unsaturated/α-hetero) is 1. The Hall–Kier alpha value is -3.22. The number of unbranched alkanes of at least 4 members (excludes halogenated alkanes) is 1. The minimum atomic E-state index is -0.136. The van der Waals surface area contributed by atoms with Crippen LogP contribution in [0.25, 0.3) is 0 Å². The van der Waals surface area contributed by atoms with Gasteiger partial charge in [-0.3, -0.25) is 4.79 Å². The van der Waals surface area contributed by atoms with Gasteiger partial charge in [-0.15, -0.1) is 0 Å². The van der Waals surface area contributed by atoms with Crippen molar-refractivity contribution < 1.29 is 19.4 Å². The standard InChI is InChI=1S/C24H33N3O4/c1-16-21(12-11-19(22(16)29)20(28)15-24(2,3)4)31-14-6-5-13-30-18-9-7-17(8-10-18)23(25)27-26/h7-12,29H,5-6,13-15,26H2,1-4H3,(H2,25,27). The van der Waals surface area contributed by atoms with Crippen LogP contribution in [0.2, 0.25) is 0 Å². The highest BCUT2D eigenvalue weighted by atomic mass is 16.5. The molecular formula is C24H33N3O4. The van der Waals surface area contributed by atoms with E-state index in [1.807, 2.05) is 32.9 Å². The molecular weight excluding hydrogens is 394 g/mol. The number of rotatable bonds is 10. The van der Waals surface area contributed by atoms with E-state index in [2.05, 4.69) is 5.10 Å². The number of benzene rings is 2. The zero-order chi connectivity index (χ0) is 23.0.